The van der Waals surface area contributed by atoms with Gasteiger partial charge in [0.2, 0.25) is 0 Å². The van der Waals surface area contributed by atoms with E-state index in [1.54, 1.807) is 18.3 Å². The Kier molecular flexibility index (Phi) is 4.22. The van der Waals surface area contributed by atoms with Crippen LogP contribution in [0.25, 0.3) is 0 Å². The maximum absolute atomic E-state index is 13.1. The van der Waals surface area contributed by atoms with Crippen LogP contribution < -0.4 is 5.32 Å². The smallest absolute Gasteiger partial charge is 0.144 e. The van der Waals surface area contributed by atoms with Crippen molar-refractivity contribution >= 4 is 0 Å². The largest absolute Gasteiger partial charge is 0.306 e. The predicted molar refractivity (Wildman–Crippen MR) is 70.6 cm³/mol. The van der Waals surface area contributed by atoms with E-state index in [9.17, 15) is 4.39 Å². The maximum atomic E-state index is 13.1. The first-order valence-electron chi connectivity index (χ1n) is 6.03. The summed E-state index contributed by atoms with van der Waals surface area (Å²) in [5, 5.41) is 12.2. The number of halogens is 1. The molecule has 0 aliphatic rings. The molecule has 3 nitrogen and oxygen atoms in total. The van der Waals surface area contributed by atoms with E-state index in [4.69, 9.17) is 5.26 Å². The Morgan fingerprint density at radius 1 is 1.37 bits per heavy atom. The molecule has 0 aliphatic heterocycles. The normalized spacial score (nSPS) is 11.8. The molecule has 0 fully saturated rings. The average Bonchev–Trinajstić information content (AvgIpc) is 2.45. The van der Waals surface area contributed by atoms with Crippen molar-refractivity contribution in [2.24, 2.45) is 0 Å². The molecular weight excluding hydrogens is 241 g/mol. The van der Waals surface area contributed by atoms with Gasteiger partial charge in [-0.15, -0.1) is 0 Å². The summed E-state index contributed by atoms with van der Waals surface area (Å²) < 4.78 is 13.1. The van der Waals surface area contributed by atoms with Gasteiger partial charge in [-0.1, -0.05) is 18.2 Å². The molecule has 0 unspecified atom stereocenters. The molecule has 1 aromatic heterocycles. The summed E-state index contributed by atoms with van der Waals surface area (Å²) in [5.41, 5.74) is 2.14. The van der Waals surface area contributed by atoms with E-state index in [-0.39, 0.29) is 11.9 Å². The topological polar surface area (TPSA) is 48.7 Å². The maximum Gasteiger partial charge on any atom is 0.144 e. The predicted octanol–water partition coefficient (Wildman–Crippen LogP) is 2.94. The minimum atomic E-state index is -0.245. The lowest BCUT2D eigenvalue weighted by atomic mass is 10.1. The van der Waals surface area contributed by atoms with Gasteiger partial charge in [-0.3, -0.25) is 0 Å². The van der Waals surface area contributed by atoms with Crippen molar-refractivity contribution in [3.63, 3.8) is 0 Å². The Labute approximate surface area is 111 Å². The molecule has 1 heterocycles. The summed E-state index contributed by atoms with van der Waals surface area (Å²) in [4.78, 5) is 4.00. The van der Waals surface area contributed by atoms with E-state index in [0.29, 0.717) is 12.2 Å². The van der Waals surface area contributed by atoms with Gasteiger partial charge in [0.25, 0.3) is 0 Å². The van der Waals surface area contributed by atoms with E-state index < -0.39 is 0 Å². The molecule has 4 heteroatoms. The molecule has 0 radical (unpaired) electrons. The van der Waals surface area contributed by atoms with Gasteiger partial charge in [-0.05, 0) is 30.7 Å². The van der Waals surface area contributed by atoms with Crippen LogP contribution in [-0.2, 0) is 6.54 Å². The zero-order valence-corrected chi connectivity index (χ0v) is 10.6. The molecule has 0 saturated carbocycles. The fourth-order valence-corrected chi connectivity index (χ4v) is 1.84. The second kappa shape index (κ2) is 6.07. The molecule has 1 atom stereocenters. The van der Waals surface area contributed by atoms with Crippen LogP contribution >= 0.6 is 0 Å². The highest BCUT2D eigenvalue weighted by Crippen LogP contribution is 2.14. The fraction of sp³-hybridized carbons (Fsp3) is 0.200. The number of nitrogens with zero attached hydrogens (tertiary/aromatic N) is 2. The third-order valence-corrected chi connectivity index (χ3v) is 2.94. The lowest BCUT2D eigenvalue weighted by Gasteiger charge is -2.14. The molecule has 19 heavy (non-hydrogen) atoms. The van der Waals surface area contributed by atoms with Crippen LogP contribution in [0, 0.1) is 17.1 Å². The number of hydrogen-bond acceptors (Lipinski definition) is 3. The monoisotopic (exact) mass is 255 g/mol. The van der Waals surface area contributed by atoms with E-state index in [0.717, 1.165) is 11.1 Å². The lowest BCUT2D eigenvalue weighted by Crippen LogP contribution is -2.19. The fourth-order valence-electron chi connectivity index (χ4n) is 1.84. The molecular formula is C15H14FN3. The summed E-state index contributed by atoms with van der Waals surface area (Å²) >= 11 is 0. The number of nitriles is 1. The first-order valence-corrected chi connectivity index (χ1v) is 6.03. The van der Waals surface area contributed by atoms with Crippen LogP contribution in [0.3, 0.4) is 0 Å². The number of aromatic nitrogens is 1. The SMILES string of the molecule is C[C@@H](NCc1cccnc1C#N)c1cccc(F)c1. The second-order valence-electron chi connectivity index (χ2n) is 4.28. The van der Waals surface area contributed by atoms with Crippen molar-refractivity contribution < 1.29 is 4.39 Å². The number of benzene rings is 1. The van der Waals surface area contributed by atoms with E-state index in [1.165, 1.54) is 12.1 Å². The Balaban J connectivity index is 2.05. The van der Waals surface area contributed by atoms with Gasteiger partial charge in [-0.25, -0.2) is 9.37 Å². The van der Waals surface area contributed by atoms with Crippen molar-refractivity contribution in [2.75, 3.05) is 0 Å². The Hall–Kier alpha value is -2.25. The van der Waals surface area contributed by atoms with Gasteiger partial charge in [0.15, 0.2) is 0 Å². The molecule has 0 bridgehead atoms. The van der Waals surface area contributed by atoms with Crippen molar-refractivity contribution in [1.29, 1.82) is 5.26 Å². The number of hydrogen-bond donors (Lipinski definition) is 1. The van der Waals surface area contributed by atoms with E-state index in [2.05, 4.69) is 16.4 Å². The molecule has 2 rings (SSSR count). The highest BCUT2D eigenvalue weighted by Gasteiger charge is 2.07. The van der Waals surface area contributed by atoms with Gasteiger partial charge in [-0.2, -0.15) is 5.26 Å². The molecule has 1 N–H and O–H groups in total. The highest BCUT2D eigenvalue weighted by atomic mass is 19.1. The van der Waals surface area contributed by atoms with Crippen molar-refractivity contribution in [3.05, 3.63) is 65.2 Å². The standard InChI is InChI=1S/C15H14FN3/c1-11(12-4-2-6-14(16)8-12)19-10-13-5-3-7-18-15(13)9-17/h2-8,11,19H,10H2,1H3/t11-/m1/s1. The molecule has 0 aliphatic carbocycles. The molecule has 96 valence electrons. The molecule has 0 saturated heterocycles. The van der Waals surface area contributed by atoms with Crippen LogP contribution in [0.15, 0.2) is 42.6 Å². The number of rotatable bonds is 4. The summed E-state index contributed by atoms with van der Waals surface area (Å²) in [7, 11) is 0. The average molecular weight is 255 g/mol. The molecule has 0 amide bonds. The van der Waals surface area contributed by atoms with Crippen LogP contribution in [0.2, 0.25) is 0 Å². The molecule has 1 aromatic carbocycles. The molecule has 2 aromatic rings. The summed E-state index contributed by atoms with van der Waals surface area (Å²) in [6.45, 7) is 2.48. The van der Waals surface area contributed by atoms with Crippen molar-refractivity contribution in [2.45, 2.75) is 19.5 Å². The molecule has 0 spiro atoms. The lowest BCUT2D eigenvalue weighted by molar-refractivity contribution is 0.564. The third-order valence-electron chi connectivity index (χ3n) is 2.94. The quantitative estimate of drug-likeness (QED) is 0.913. The van der Waals surface area contributed by atoms with Crippen molar-refractivity contribution in [1.82, 2.24) is 10.3 Å². The first kappa shape index (κ1) is 13.2. The zero-order valence-electron chi connectivity index (χ0n) is 10.6. The van der Waals surface area contributed by atoms with Gasteiger partial charge < -0.3 is 5.32 Å². The Morgan fingerprint density at radius 3 is 2.95 bits per heavy atom. The van der Waals surface area contributed by atoms with Gasteiger partial charge in [0.1, 0.15) is 17.6 Å². The van der Waals surface area contributed by atoms with Crippen molar-refractivity contribution in [3.8, 4) is 6.07 Å². The van der Waals surface area contributed by atoms with Crippen LogP contribution in [0.1, 0.15) is 29.8 Å². The first-order chi connectivity index (χ1) is 9.20. The van der Waals surface area contributed by atoms with Crippen LogP contribution in [0.5, 0.6) is 0 Å². The van der Waals surface area contributed by atoms with E-state index in [1.807, 2.05) is 19.1 Å². The number of pyridine rings is 1. The Bertz CT molecular complexity index is 604. The second-order valence-corrected chi connectivity index (χ2v) is 4.28. The minimum Gasteiger partial charge on any atom is -0.306 e. The highest BCUT2D eigenvalue weighted by molar-refractivity contribution is 5.30. The van der Waals surface area contributed by atoms with E-state index >= 15 is 0 Å². The van der Waals surface area contributed by atoms with Gasteiger partial charge in [0.05, 0.1) is 0 Å². The number of nitrogens with one attached hydrogen (secondary N) is 1. The Morgan fingerprint density at radius 2 is 2.21 bits per heavy atom. The third kappa shape index (κ3) is 3.36. The summed E-state index contributed by atoms with van der Waals surface area (Å²) in [6.07, 6.45) is 1.60. The summed E-state index contributed by atoms with van der Waals surface area (Å²) in [5.74, 6) is -0.245. The van der Waals surface area contributed by atoms with Gasteiger partial charge in [0, 0.05) is 24.3 Å². The van der Waals surface area contributed by atoms with Crippen LogP contribution in [0.4, 0.5) is 4.39 Å². The van der Waals surface area contributed by atoms with Crippen LogP contribution in [-0.4, -0.2) is 4.98 Å². The minimum absolute atomic E-state index is 0.00227. The zero-order chi connectivity index (χ0) is 13.7. The summed E-state index contributed by atoms with van der Waals surface area (Å²) in [6, 6.07) is 12.2. The van der Waals surface area contributed by atoms with Gasteiger partial charge >= 0.3 is 0 Å².